The maximum Gasteiger partial charge on any atom is 0.191 e. The van der Waals surface area contributed by atoms with Crippen molar-refractivity contribution < 1.29 is 0 Å². The molecule has 0 amide bonds. The maximum absolute atomic E-state index is 4.44. The van der Waals surface area contributed by atoms with Crippen LogP contribution in [-0.2, 0) is 19.4 Å². The number of guanidine groups is 1. The summed E-state index contributed by atoms with van der Waals surface area (Å²) in [5, 5.41) is 7.15. The van der Waals surface area contributed by atoms with Crippen molar-refractivity contribution >= 4 is 5.96 Å². The van der Waals surface area contributed by atoms with Crippen molar-refractivity contribution in [3.8, 4) is 0 Å². The molecular formula is C21H32N4. The number of hydrogen-bond acceptors (Lipinski definition) is 2. The molecule has 1 atom stereocenters. The van der Waals surface area contributed by atoms with Gasteiger partial charge in [-0.3, -0.25) is 9.89 Å². The van der Waals surface area contributed by atoms with Crippen LogP contribution in [0.4, 0.5) is 0 Å². The van der Waals surface area contributed by atoms with Crippen molar-refractivity contribution in [2.45, 2.75) is 70.0 Å². The first kappa shape index (κ1) is 16.9. The van der Waals surface area contributed by atoms with Crippen LogP contribution < -0.4 is 10.6 Å². The Hall–Kier alpha value is -1.55. The number of aliphatic imine (C=N–C) groups is 1. The van der Waals surface area contributed by atoms with E-state index >= 15 is 0 Å². The molecule has 4 heteroatoms. The number of fused-ring (bicyclic) bond motifs is 1. The van der Waals surface area contributed by atoms with Crippen molar-refractivity contribution in [3.63, 3.8) is 0 Å². The van der Waals surface area contributed by atoms with Gasteiger partial charge in [-0.1, -0.05) is 31.0 Å². The van der Waals surface area contributed by atoms with E-state index in [0.717, 1.165) is 18.5 Å². The molecule has 136 valence electrons. The Balaban J connectivity index is 1.27. The lowest BCUT2D eigenvalue weighted by Gasteiger charge is -2.24. The largest absolute Gasteiger partial charge is 0.352 e. The highest BCUT2D eigenvalue weighted by Gasteiger charge is 2.30. The minimum atomic E-state index is 0.534. The van der Waals surface area contributed by atoms with Crippen LogP contribution in [0, 0.1) is 0 Å². The van der Waals surface area contributed by atoms with Gasteiger partial charge in [0.15, 0.2) is 5.96 Å². The van der Waals surface area contributed by atoms with E-state index in [4.69, 9.17) is 0 Å². The molecular weight excluding hydrogens is 308 g/mol. The summed E-state index contributed by atoms with van der Waals surface area (Å²) in [6, 6.07) is 8.33. The molecule has 1 aliphatic heterocycles. The van der Waals surface area contributed by atoms with Crippen LogP contribution in [0.5, 0.6) is 0 Å². The summed E-state index contributed by atoms with van der Waals surface area (Å²) < 4.78 is 0. The number of nitrogens with zero attached hydrogens (tertiary/aromatic N) is 2. The van der Waals surface area contributed by atoms with Gasteiger partial charge in [-0.15, -0.1) is 0 Å². The molecule has 1 aromatic carbocycles. The van der Waals surface area contributed by atoms with Gasteiger partial charge in [0.05, 0.1) is 0 Å². The normalized spacial score (nSPS) is 24.7. The predicted octanol–water partition coefficient (Wildman–Crippen LogP) is 2.86. The summed E-state index contributed by atoms with van der Waals surface area (Å²) in [7, 11) is 1.88. The average Bonchev–Trinajstić information content (AvgIpc) is 3.39. The minimum absolute atomic E-state index is 0.534. The monoisotopic (exact) mass is 340 g/mol. The van der Waals surface area contributed by atoms with E-state index in [1.807, 2.05) is 7.05 Å². The van der Waals surface area contributed by atoms with Gasteiger partial charge in [0.1, 0.15) is 0 Å². The third-order valence-electron chi connectivity index (χ3n) is 6.25. The second-order valence-corrected chi connectivity index (χ2v) is 7.95. The zero-order chi connectivity index (χ0) is 17.1. The summed E-state index contributed by atoms with van der Waals surface area (Å²) in [5.74, 6) is 0.943. The van der Waals surface area contributed by atoms with Gasteiger partial charge in [-0.25, -0.2) is 0 Å². The number of nitrogens with one attached hydrogen (secondary N) is 2. The van der Waals surface area contributed by atoms with Crippen LogP contribution in [-0.4, -0.2) is 43.1 Å². The van der Waals surface area contributed by atoms with E-state index in [0.29, 0.717) is 6.04 Å². The summed E-state index contributed by atoms with van der Waals surface area (Å²) in [5.41, 5.74) is 4.46. The Morgan fingerprint density at radius 1 is 1.12 bits per heavy atom. The lowest BCUT2D eigenvalue weighted by atomic mass is 10.1. The summed E-state index contributed by atoms with van der Waals surface area (Å²) in [6.45, 7) is 3.26. The molecule has 2 aliphatic carbocycles. The van der Waals surface area contributed by atoms with Gasteiger partial charge >= 0.3 is 0 Å². The molecule has 0 radical (unpaired) electrons. The maximum atomic E-state index is 4.44. The van der Waals surface area contributed by atoms with E-state index in [-0.39, 0.29) is 0 Å². The van der Waals surface area contributed by atoms with Crippen molar-refractivity contribution in [3.05, 3.63) is 34.9 Å². The van der Waals surface area contributed by atoms with Crippen molar-refractivity contribution in [2.75, 3.05) is 20.1 Å². The number of aryl methyl sites for hydroxylation is 2. The SMILES string of the molecule is CN=C(NCc1ccc2c(c1)CCC2)NC1CCN(C2CCCC2)C1. The van der Waals surface area contributed by atoms with E-state index in [9.17, 15) is 0 Å². The lowest BCUT2D eigenvalue weighted by Crippen LogP contribution is -2.45. The fourth-order valence-corrected chi connectivity index (χ4v) is 4.82. The third kappa shape index (κ3) is 4.00. The fraction of sp³-hybridized carbons (Fsp3) is 0.667. The van der Waals surface area contributed by atoms with Crippen LogP contribution in [0.25, 0.3) is 0 Å². The molecule has 25 heavy (non-hydrogen) atoms. The average molecular weight is 341 g/mol. The second-order valence-electron chi connectivity index (χ2n) is 7.95. The van der Waals surface area contributed by atoms with Crippen molar-refractivity contribution in [2.24, 2.45) is 4.99 Å². The molecule has 4 nitrogen and oxygen atoms in total. The predicted molar refractivity (Wildman–Crippen MR) is 104 cm³/mol. The zero-order valence-corrected chi connectivity index (χ0v) is 15.6. The Morgan fingerprint density at radius 2 is 1.96 bits per heavy atom. The van der Waals surface area contributed by atoms with E-state index in [1.54, 1.807) is 11.1 Å². The van der Waals surface area contributed by atoms with E-state index in [2.05, 4.69) is 38.7 Å². The molecule has 0 aromatic heterocycles. The molecule has 4 rings (SSSR count). The molecule has 2 fully saturated rings. The van der Waals surface area contributed by atoms with E-state index < -0.39 is 0 Å². The van der Waals surface area contributed by atoms with Gasteiger partial charge in [-0.2, -0.15) is 0 Å². The zero-order valence-electron chi connectivity index (χ0n) is 15.6. The van der Waals surface area contributed by atoms with Crippen LogP contribution in [0.15, 0.2) is 23.2 Å². The molecule has 1 heterocycles. The fourth-order valence-electron chi connectivity index (χ4n) is 4.82. The van der Waals surface area contributed by atoms with Gasteiger partial charge in [0.2, 0.25) is 0 Å². The van der Waals surface area contributed by atoms with Gasteiger partial charge in [0, 0.05) is 38.8 Å². The molecule has 3 aliphatic rings. The number of rotatable bonds is 4. The second kappa shape index (κ2) is 7.77. The number of benzene rings is 1. The van der Waals surface area contributed by atoms with Crippen LogP contribution in [0.2, 0.25) is 0 Å². The highest BCUT2D eigenvalue weighted by Crippen LogP contribution is 2.26. The third-order valence-corrected chi connectivity index (χ3v) is 6.25. The summed E-state index contributed by atoms with van der Waals surface area (Å²) >= 11 is 0. The van der Waals surface area contributed by atoms with Gasteiger partial charge in [-0.05, 0) is 55.2 Å². The molecule has 0 spiro atoms. The lowest BCUT2D eigenvalue weighted by molar-refractivity contribution is 0.242. The smallest absolute Gasteiger partial charge is 0.191 e. The van der Waals surface area contributed by atoms with Crippen LogP contribution in [0.3, 0.4) is 0 Å². The highest BCUT2D eigenvalue weighted by molar-refractivity contribution is 5.80. The van der Waals surface area contributed by atoms with Gasteiger partial charge < -0.3 is 10.6 Å². The highest BCUT2D eigenvalue weighted by atomic mass is 15.3. The van der Waals surface area contributed by atoms with Crippen molar-refractivity contribution in [1.29, 1.82) is 0 Å². The molecule has 1 saturated heterocycles. The standard InChI is InChI=1S/C21H32N4/c1-22-21(23-14-16-9-10-17-5-4-6-18(17)13-16)24-19-11-12-25(15-19)20-7-2-3-8-20/h9-10,13,19-20H,2-8,11-12,14-15H2,1H3,(H2,22,23,24). The first-order valence-corrected chi connectivity index (χ1v) is 10.1. The summed E-state index contributed by atoms with van der Waals surface area (Å²) in [6.07, 6.45) is 10.7. The molecule has 1 unspecified atom stereocenters. The Bertz CT molecular complexity index is 618. The quantitative estimate of drug-likeness (QED) is 0.654. The Kier molecular flexibility index (Phi) is 5.25. The molecule has 1 saturated carbocycles. The first-order valence-electron chi connectivity index (χ1n) is 10.1. The first-order chi connectivity index (χ1) is 12.3. The summed E-state index contributed by atoms with van der Waals surface area (Å²) in [4.78, 5) is 7.13. The van der Waals surface area contributed by atoms with Crippen molar-refractivity contribution in [1.82, 2.24) is 15.5 Å². The Labute approximate surface area is 152 Å². The molecule has 2 N–H and O–H groups in total. The van der Waals surface area contributed by atoms with Gasteiger partial charge in [0.25, 0.3) is 0 Å². The molecule has 0 bridgehead atoms. The minimum Gasteiger partial charge on any atom is -0.352 e. The Morgan fingerprint density at radius 3 is 2.80 bits per heavy atom. The van der Waals surface area contributed by atoms with E-state index in [1.165, 1.54) is 70.0 Å². The number of hydrogen-bond donors (Lipinski definition) is 2. The molecule has 1 aromatic rings. The van der Waals surface area contributed by atoms with Crippen LogP contribution >= 0.6 is 0 Å². The van der Waals surface area contributed by atoms with Crippen LogP contribution in [0.1, 0.15) is 55.2 Å². The number of likely N-dealkylation sites (tertiary alicyclic amines) is 1. The topological polar surface area (TPSA) is 39.7 Å².